The lowest BCUT2D eigenvalue weighted by Crippen LogP contribution is -2.12. The van der Waals surface area contributed by atoms with Crippen molar-refractivity contribution in [1.82, 2.24) is 0 Å². The second kappa shape index (κ2) is 6.30. The highest BCUT2D eigenvalue weighted by Crippen LogP contribution is 2.38. The molecule has 1 unspecified atom stereocenters. The highest BCUT2D eigenvalue weighted by Gasteiger charge is 2.39. The molecule has 0 amide bonds. The van der Waals surface area contributed by atoms with Crippen LogP contribution in [0.1, 0.15) is 40.0 Å². The van der Waals surface area contributed by atoms with E-state index in [2.05, 4.69) is 0 Å². The second-order valence-electron chi connectivity index (χ2n) is 3.12. The minimum absolute atomic E-state index is 0.0208. The second-order valence-corrected chi connectivity index (χ2v) is 3.12. The fourth-order valence-corrected chi connectivity index (χ4v) is 1.47. The van der Waals surface area contributed by atoms with E-state index < -0.39 is 5.92 Å². The zero-order valence-electron chi connectivity index (χ0n) is 8.78. The van der Waals surface area contributed by atoms with Gasteiger partial charge in [0.15, 0.2) is 0 Å². The number of ether oxygens (including phenoxy) is 1. The van der Waals surface area contributed by atoms with Crippen LogP contribution in [0.15, 0.2) is 0 Å². The summed E-state index contributed by atoms with van der Waals surface area (Å²) in [6.07, 6.45) is 0.685. The molecule has 0 aromatic carbocycles. The molecule has 80 valence electrons. The molecule has 13 heavy (non-hydrogen) atoms. The molecule has 0 radical (unpaired) electrons. The normalized spacial score (nSPS) is 25.2. The summed E-state index contributed by atoms with van der Waals surface area (Å²) >= 11 is 0. The number of halogens is 2. The summed E-state index contributed by atoms with van der Waals surface area (Å²) in [6.45, 7) is 7.02. The highest BCUT2D eigenvalue weighted by atomic mass is 19.3. The average molecular weight is 194 g/mol. The number of hydrogen-bond donors (Lipinski definition) is 0. The highest BCUT2D eigenvalue weighted by molar-refractivity contribution is 4.80. The molecule has 1 fully saturated rings. The average Bonchev–Trinajstić information content (AvgIpc) is 2.46. The predicted molar refractivity (Wildman–Crippen MR) is 50.1 cm³/mol. The summed E-state index contributed by atoms with van der Waals surface area (Å²) in [5, 5.41) is 0. The van der Waals surface area contributed by atoms with Gasteiger partial charge < -0.3 is 4.74 Å². The Morgan fingerprint density at radius 1 is 1.38 bits per heavy atom. The topological polar surface area (TPSA) is 9.23 Å². The van der Waals surface area contributed by atoms with Gasteiger partial charge in [0.2, 0.25) is 5.92 Å². The molecule has 1 saturated carbocycles. The first-order chi connectivity index (χ1) is 6.14. The van der Waals surface area contributed by atoms with E-state index in [-0.39, 0.29) is 18.8 Å². The Hall–Kier alpha value is -0.180. The molecule has 0 heterocycles. The van der Waals surface area contributed by atoms with E-state index in [4.69, 9.17) is 4.74 Å². The van der Waals surface area contributed by atoms with Crippen molar-refractivity contribution in [3.63, 3.8) is 0 Å². The van der Waals surface area contributed by atoms with E-state index >= 15 is 0 Å². The van der Waals surface area contributed by atoms with E-state index in [0.29, 0.717) is 19.6 Å². The fraction of sp³-hybridized carbons (Fsp3) is 1.00. The van der Waals surface area contributed by atoms with Crippen molar-refractivity contribution in [2.75, 3.05) is 13.2 Å². The van der Waals surface area contributed by atoms with Crippen LogP contribution in [-0.2, 0) is 4.74 Å². The Kier molecular flexibility index (Phi) is 6.21. The van der Waals surface area contributed by atoms with Crippen LogP contribution in [-0.4, -0.2) is 19.1 Å². The Morgan fingerprint density at radius 3 is 2.38 bits per heavy atom. The monoisotopic (exact) mass is 194 g/mol. The first-order valence-corrected chi connectivity index (χ1v) is 5.09. The van der Waals surface area contributed by atoms with E-state index in [9.17, 15) is 8.78 Å². The third-order valence-corrected chi connectivity index (χ3v) is 2.06. The molecule has 0 bridgehead atoms. The largest absolute Gasteiger partial charge is 0.381 e. The summed E-state index contributed by atoms with van der Waals surface area (Å²) in [7, 11) is 0. The van der Waals surface area contributed by atoms with Crippen LogP contribution >= 0.6 is 0 Å². The van der Waals surface area contributed by atoms with Crippen LogP contribution < -0.4 is 0 Å². The van der Waals surface area contributed by atoms with Crippen molar-refractivity contribution in [1.29, 1.82) is 0 Å². The molecule has 0 aromatic rings. The Morgan fingerprint density at radius 2 is 2.00 bits per heavy atom. The van der Waals surface area contributed by atoms with Crippen molar-refractivity contribution < 1.29 is 13.5 Å². The Labute approximate surface area is 79.5 Å². The van der Waals surface area contributed by atoms with Crippen LogP contribution in [0.2, 0.25) is 0 Å². The summed E-state index contributed by atoms with van der Waals surface area (Å²) in [6, 6.07) is 0. The maximum atomic E-state index is 12.6. The maximum Gasteiger partial charge on any atom is 0.248 e. The molecule has 0 spiro atoms. The van der Waals surface area contributed by atoms with E-state index in [0.717, 1.165) is 0 Å². The lowest BCUT2D eigenvalue weighted by molar-refractivity contribution is -0.000844. The van der Waals surface area contributed by atoms with Crippen LogP contribution in [0, 0.1) is 5.92 Å². The van der Waals surface area contributed by atoms with Gasteiger partial charge in [0.05, 0.1) is 0 Å². The van der Waals surface area contributed by atoms with Gasteiger partial charge in [-0.3, -0.25) is 0 Å². The van der Waals surface area contributed by atoms with Crippen molar-refractivity contribution in [3.05, 3.63) is 0 Å². The minimum Gasteiger partial charge on any atom is -0.381 e. The summed E-state index contributed by atoms with van der Waals surface area (Å²) in [5.74, 6) is -2.33. The molecule has 1 rings (SSSR count). The molecular weight excluding hydrogens is 174 g/mol. The van der Waals surface area contributed by atoms with Crippen molar-refractivity contribution >= 4 is 0 Å². The van der Waals surface area contributed by atoms with Gasteiger partial charge >= 0.3 is 0 Å². The summed E-state index contributed by atoms with van der Waals surface area (Å²) in [4.78, 5) is 0. The third-order valence-electron chi connectivity index (χ3n) is 2.06. The van der Waals surface area contributed by atoms with Gasteiger partial charge in [0, 0.05) is 26.1 Å². The molecule has 0 aromatic heterocycles. The van der Waals surface area contributed by atoms with Gasteiger partial charge in [-0.05, 0) is 19.3 Å². The van der Waals surface area contributed by atoms with Gasteiger partial charge in [-0.15, -0.1) is 0 Å². The van der Waals surface area contributed by atoms with Crippen molar-refractivity contribution in [2.45, 2.75) is 46.0 Å². The lowest BCUT2D eigenvalue weighted by Gasteiger charge is -2.09. The van der Waals surface area contributed by atoms with Gasteiger partial charge in [-0.2, -0.15) is 0 Å². The summed E-state index contributed by atoms with van der Waals surface area (Å²) in [5.41, 5.74) is 0. The van der Waals surface area contributed by atoms with Crippen LogP contribution in [0.25, 0.3) is 0 Å². The quantitative estimate of drug-likeness (QED) is 0.668. The first-order valence-electron chi connectivity index (χ1n) is 5.09. The lowest BCUT2D eigenvalue weighted by atomic mass is 10.1. The van der Waals surface area contributed by atoms with Crippen molar-refractivity contribution in [3.8, 4) is 0 Å². The first kappa shape index (κ1) is 12.8. The predicted octanol–water partition coefficient (Wildman–Crippen LogP) is 3.48. The van der Waals surface area contributed by atoms with Crippen LogP contribution in [0.5, 0.6) is 0 Å². The zero-order valence-corrected chi connectivity index (χ0v) is 8.78. The molecule has 1 aliphatic carbocycles. The van der Waals surface area contributed by atoms with E-state index in [1.807, 2.05) is 20.8 Å². The van der Waals surface area contributed by atoms with Crippen LogP contribution in [0.3, 0.4) is 0 Å². The van der Waals surface area contributed by atoms with Gasteiger partial charge in [-0.25, -0.2) is 8.78 Å². The molecular formula is C10H20F2O. The van der Waals surface area contributed by atoms with Gasteiger partial charge in [0.25, 0.3) is 0 Å². The molecule has 1 aliphatic rings. The third kappa shape index (κ3) is 5.19. The standard InChI is InChI=1S/C8H14F2O.C2H6/c1-2-11-6-7-3-4-8(9,10)5-7;1-2/h7H,2-6H2,1H3;1-2H3. The molecule has 1 atom stereocenters. The Balaban J connectivity index is 0.000000671. The maximum absolute atomic E-state index is 12.6. The molecule has 0 saturated heterocycles. The summed E-state index contributed by atoms with van der Waals surface area (Å²) < 4.78 is 30.2. The van der Waals surface area contributed by atoms with Gasteiger partial charge in [0.1, 0.15) is 0 Å². The minimum atomic E-state index is -2.41. The zero-order chi connectivity index (χ0) is 10.3. The fourth-order valence-electron chi connectivity index (χ4n) is 1.47. The number of alkyl halides is 2. The van der Waals surface area contributed by atoms with E-state index in [1.165, 1.54) is 0 Å². The van der Waals surface area contributed by atoms with E-state index in [1.54, 1.807) is 0 Å². The van der Waals surface area contributed by atoms with Gasteiger partial charge in [-0.1, -0.05) is 13.8 Å². The van der Waals surface area contributed by atoms with Crippen molar-refractivity contribution in [2.24, 2.45) is 5.92 Å². The Bertz CT molecular complexity index is 126. The molecule has 1 nitrogen and oxygen atoms in total. The molecule has 0 N–H and O–H groups in total. The number of hydrogen-bond acceptors (Lipinski definition) is 1. The molecule has 0 aliphatic heterocycles. The smallest absolute Gasteiger partial charge is 0.248 e. The SMILES string of the molecule is CC.CCOCC1CCC(F)(F)C1. The van der Waals surface area contributed by atoms with Crippen LogP contribution in [0.4, 0.5) is 8.78 Å². The number of rotatable bonds is 3. The molecule has 3 heteroatoms.